The second kappa shape index (κ2) is 6.57. The lowest BCUT2D eigenvalue weighted by atomic mass is 10.0. The number of nitrogens with zero attached hydrogens (tertiary/aromatic N) is 2. The molecule has 0 unspecified atom stereocenters. The predicted octanol–water partition coefficient (Wildman–Crippen LogP) is 7.31. The molecule has 0 aliphatic heterocycles. The van der Waals surface area contributed by atoms with Gasteiger partial charge in [0.25, 0.3) is 0 Å². The van der Waals surface area contributed by atoms with Crippen molar-refractivity contribution in [1.29, 1.82) is 0 Å². The predicted molar refractivity (Wildman–Crippen MR) is 126 cm³/mol. The van der Waals surface area contributed by atoms with E-state index in [0.717, 1.165) is 22.5 Å². The molecular formula is C28H20N2. The van der Waals surface area contributed by atoms with Crippen LogP contribution in [0.3, 0.4) is 0 Å². The molecule has 0 saturated carbocycles. The van der Waals surface area contributed by atoms with Gasteiger partial charge in [0.05, 0.1) is 22.2 Å². The molecule has 2 heteroatoms. The third-order valence-electron chi connectivity index (χ3n) is 5.92. The van der Waals surface area contributed by atoms with Crippen LogP contribution < -0.4 is 0 Å². The van der Waals surface area contributed by atoms with Crippen LogP contribution in [0.2, 0.25) is 0 Å². The van der Waals surface area contributed by atoms with Crippen LogP contribution >= 0.6 is 0 Å². The molecule has 0 N–H and O–H groups in total. The number of fused-ring (bicyclic) bond motifs is 4. The Morgan fingerprint density at radius 1 is 0.600 bits per heavy atom. The highest BCUT2D eigenvalue weighted by atomic mass is 15.0. The molecule has 6 rings (SSSR count). The van der Waals surface area contributed by atoms with Crippen molar-refractivity contribution in [3.63, 3.8) is 0 Å². The summed E-state index contributed by atoms with van der Waals surface area (Å²) in [5, 5.41) is 3.77. The maximum Gasteiger partial charge on any atom is 0.0712 e. The first-order chi connectivity index (χ1) is 14.8. The molecule has 0 amide bonds. The third-order valence-corrected chi connectivity index (χ3v) is 5.92. The zero-order chi connectivity index (χ0) is 20.1. The Hall–Kier alpha value is -3.91. The van der Waals surface area contributed by atoms with E-state index in [0.29, 0.717) is 0 Å². The number of benzene rings is 4. The van der Waals surface area contributed by atoms with Crippen LogP contribution in [0.25, 0.3) is 49.7 Å². The van der Waals surface area contributed by atoms with Gasteiger partial charge in [0.2, 0.25) is 0 Å². The molecule has 0 saturated heterocycles. The van der Waals surface area contributed by atoms with Crippen LogP contribution in [0.15, 0.2) is 103 Å². The fourth-order valence-corrected chi connectivity index (χ4v) is 4.48. The number of para-hydroxylation sites is 3. The molecule has 142 valence electrons. The summed E-state index contributed by atoms with van der Waals surface area (Å²) in [6.45, 7) is 2.15. The van der Waals surface area contributed by atoms with Crippen molar-refractivity contribution in [3.8, 4) is 16.9 Å². The van der Waals surface area contributed by atoms with Crippen LogP contribution in [0, 0.1) is 6.92 Å². The normalized spacial score (nSPS) is 11.5. The highest BCUT2D eigenvalue weighted by Crippen LogP contribution is 2.32. The van der Waals surface area contributed by atoms with Crippen molar-refractivity contribution in [2.24, 2.45) is 0 Å². The molecule has 4 aromatic carbocycles. The molecule has 0 bridgehead atoms. The van der Waals surface area contributed by atoms with E-state index in [1.54, 1.807) is 0 Å². The molecule has 30 heavy (non-hydrogen) atoms. The van der Waals surface area contributed by atoms with E-state index in [-0.39, 0.29) is 0 Å². The molecule has 2 nitrogen and oxygen atoms in total. The van der Waals surface area contributed by atoms with Crippen molar-refractivity contribution >= 4 is 32.7 Å². The Bertz CT molecular complexity index is 1490. The van der Waals surface area contributed by atoms with Gasteiger partial charge in [-0.1, -0.05) is 66.7 Å². The number of rotatable bonds is 2. The summed E-state index contributed by atoms with van der Waals surface area (Å²) in [4.78, 5) is 4.89. The van der Waals surface area contributed by atoms with Gasteiger partial charge in [-0.25, -0.2) is 4.98 Å². The van der Waals surface area contributed by atoms with Crippen LogP contribution in [-0.2, 0) is 0 Å². The summed E-state index contributed by atoms with van der Waals surface area (Å²) in [5.74, 6) is 0. The van der Waals surface area contributed by atoms with E-state index in [9.17, 15) is 0 Å². The van der Waals surface area contributed by atoms with E-state index in [2.05, 4.69) is 109 Å². The van der Waals surface area contributed by atoms with E-state index in [1.807, 2.05) is 6.07 Å². The van der Waals surface area contributed by atoms with Crippen molar-refractivity contribution in [2.75, 3.05) is 0 Å². The smallest absolute Gasteiger partial charge is 0.0712 e. The fourth-order valence-electron chi connectivity index (χ4n) is 4.48. The standard InChI is InChI=1S/C28H20N2/c1-19-18-26(29-25-11-5-2-8-22(19)25)20-14-16-21(17-15-20)30-27-12-6-3-9-23(27)24-10-4-7-13-28(24)30/h2-18H,1H3. The minimum absolute atomic E-state index is 1.01. The van der Waals surface area contributed by atoms with Crippen LogP contribution in [0.1, 0.15) is 5.56 Å². The van der Waals surface area contributed by atoms with Gasteiger partial charge in [-0.15, -0.1) is 0 Å². The van der Waals surface area contributed by atoms with Crippen molar-refractivity contribution in [3.05, 3.63) is 109 Å². The van der Waals surface area contributed by atoms with Gasteiger partial charge in [-0.2, -0.15) is 0 Å². The van der Waals surface area contributed by atoms with Crippen LogP contribution in [0.4, 0.5) is 0 Å². The van der Waals surface area contributed by atoms with Gasteiger partial charge in [0.15, 0.2) is 0 Å². The molecule has 0 aliphatic rings. The van der Waals surface area contributed by atoms with Crippen molar-refractivity contribution in [1.82, 2.24) is 9.55 Å². The van der Waals surface area contributed by atoms with Gasteiger partial charge in [-0.05, 0) is 48.9 Å². The van der Waals surface area contributed by atoms with Crippen LogP contribution in [-0.4, -0.2) is 9.55 Å². The largest absolute Gasteiger partial charge is 0.309 e. The lowest BCUT2D eigenvalue weighted by Crippen LogP contribution is -1.94. The van der Waals surface area contributed by atoms with Gasteiger partial charge in [0, 0.05) is 27.4 Å². The molecule has 0 fully saturated rings. The second-order valence-corrected chi connectivity index (χ2v) is 7.76. The SMILES string of the molecule is Cc1cc(-c2ccc(-n3c4ccccc4c4ccccc43)cc2)nc2ccccc12. The lowest BCUT2D eigenvalue weighted by Gasteiger charge is -2.10. The highest BCUT2D eigenvalue weighted by molar-refractivity contribution is 6.09. The Kier molecular flexibility index (Phi) is 3.72. The first-order valence-electron chi connectivity index (χ1n) is 10.2. The highest BCUT2D eigenvalue weighted by Gasteiger charge is 2.12. The molecule has 0 spiro atoms. The van der Waals surface area contributed by atoms with Crippen molar-refractivity contribution in [2.45, 2.75) is 6.92 Å². The van der Waals surface area contributed by atoms with Gasteiger partial charge in [-0.3, -0.25) is 0 Å². The molecule has 0 atom stereocenters. The van der Waals surface area contributed by atoms with Gasteiger partial charge in [0.1, 0.15) is 0 Å². The fraction of sp³-hybridized carbons (Fsp3) is 0.0357. The Labute approximate surface area is 175 Å². The summed E-state index contributed by atoms with van der Waals surface area (Å²) < 4.78 is 2.34. The second-order valence-electron chi connectivity index (χ2n) is 7.76. The molecule has 2 aromatic heterocycles. The van der Waals surface area contributed by atoms with E-state index in [1.165, 1.54) is 32.8 Å². The lowest BCUT2D eigenvalue weighted by molar-refractivity contribution is 1.18. The summed E-state index contributed by atoms with van der Waals surface area (Å²) in [6.07, 6.45) is 0. The summed E-state index contributed by atoms with van der Waals surface area (Å²) >= 11 is 0. The summed E-state index contributed by atoms with van der Waals surface area (Å²) in [6, 6.07) is 36.5. The number of aryl methyl sites for hydroxylation is 1. The molecule has 0 radical (unpaired) electrons. The minimum Gasteiger partial charge on any atom is -0.309 e. The van der Waals surface area contributed by atoms with E-state index < -0.39 is 0 Å². The van der Waals surface area contributed by atoms with E-state index >= 15 is 0 Å². The number of aromatic nitrogens is 2. The maximum absolute atomic E-state index is 4.89. The van der Waals surface area contributed by atoms with E-state index in [4.69, 9.17) is 4.98 Å². The van der Waals surface area contributed by atoms with Gasteiger partial charge < -0.3 is 4.57 Å². The first kappa shape index (κ1) is 17.0. The average Bonchev–Trinajstić information content (AvgIpc) is 3.14. The number of hydrogen-bond donors (Lipinski definition) is 0. The zero-order valence-electron chi connectivity index (χ0n) is 16.7. The minimum atomic E-state index is 1.01. The zero-order valence-corrected chi connectivity index (χ0v) is 16.7. The Morgan fingerprint density at radius 2 is 1.17 bits per heavy atom. The molecule has 6 aromatic rings. The van der Waals surface area contributed by atoms with Crippen LogP contribution in [0.5, 0.6) is 0 Å². The molecular weight excluding hydrogens is 364 g/mol. The maximum atomic E-state index is 4.89. The third kappa shape index (κ3) is 2.54. The average molecular weight is 384 g/mol. The number of hydrogen-bond acceptors (Lipinski definition) is 1. The van der Waals surface area contributed by atoms with Crippen molar-refractivity contribution < 1.29 is 0 Å². The number of pyridine rings is 1. The molecule has 2 heterocycles. The van der Waals surface area contributed by atoms with Gasteiger partial charge >= 0.3 is 0 Å². The Balaban J connectivity index is 1.51. The monoisotopic (exact) mass is 384 g/mol. The Morgan fingerprint density at radius 3 is 1.83 bits per heavy atom. The quantitative estimate of drug-likeness (QED) is 0.306. The molecule has 0 aliphatic carbocycles. The summed E-state index contributed by atoms with van der Waals surface area (Å²) in [5.41, 5.74) is 8.06. The first-order valence-corrected chi connectivity index (χ1v) is 10.2. The topological polar surface area (TPSA) is 17.8 Å². The summed E-state index contributed by atoms with van der Waals surface area (Å²) in [7, 11) is 0.